The van der Waals surface area contributed by atoms with Crippen LogP contribution in [0.5, 0.6) is 0 Å². The minimum atomic E-state index is -0.244. The highest BCUT2D eigenvalue weighted by Gasteiger charge is 2.27. The minimum absolute atomic E-state index is 0.0487. The van der Waals surface area contributed by atoms with Gasteiger partial charge in [-0.2, -0.15) is 0 Å². The van der Waals surface area contributed by atoms with E-state index in [9.17, 15) is 9.18 Å². The first kappa shape index (κ1) is 17.0. The summed E-state index contributed by atoms with van der Waals surface area (Å²) in [6.07, 6.45) is 4.03. The van der Waals surface area contributed by atoms with Crippen molar-refractivity contribution in [3.05, 3.63) is 101 Å². The molecular weight excluding hydrogens is 339 g/mol. The summed E-state index contributed by atoms with van der Waals surface area (Å²) in [6.45, 7) is 1.16. The summed E-state index contributed by atoms with van der Waals surface area (Å²) in [5, 5.41) is 0. The van der Waals surface area contributed by atoms with Crippen molar-refractivity contribution in [2.75, 3.05) is 0 Å². The molecule has 2 aromatic carbocycles. The number of carbonyl (C=O) groups is 1. The van der Waals surface area contributed by atoms with Crippen LogP contribution in [-0.2, 0) is 19.5 Å². The van der Waals surface area contributed by atoms with E-state index in [1.807, 2.05) is 35.2 Å². The SMILES string of the molecule is O=C1c2ccc(C#CCc3ccc(F)cc3)cc2CN1Cc1ccncc1. The molecule has 0 spiro atoms. The van der Waals surface area contributed by atoms with Gasteiger partial charge in [0, 0.05) is 43.0 Å². The van der Waals surface area contributed by atoms with Crippen LogP contribution in [0.1, 0.15) is 32.6 Å². The second-order valence-corrected chi connectivity index (χ2v) is 6.49. The molecule has 0 unspecified atom stereocenters. The second kappa shape index (κ2) is 7.43. The fourth-order valence-electron chi connectivity index (χ4n) is 3.15. The standard InChI is InChI=1S/C23H17FN2O/c24-21-7-4-17(5-8-21)2-1-3-18-6-9-22-20(14-18)16-26(23(22)27)15-19-10-12-25-13-11-19/h4-14H,2,15-16H2. The average Bonchev–Trinajstić information content (AvgIpc) is 2.99. The van der Waals surface area contributed by atoms with Crippen molar-refractivity contribution in [2.24, 2.45) is 0 Å². The van der Waals surface area contributed by atoms with Gasteiger partial charge in [0.2, 0.25) is 0 Å². The highest BCUT2D eigenvalue weighted by molar-refractivity contribution is 5.98. The molecule has 2 heterocycles. The summed E-state index contributed by atoms with van der Waals surface area (Å²) in [4.78, 5) is 18.4. The summed E-state index contributed by atoms with van der Waals surface area (Å²) in [5.41, 5.74) is 4.67. The molecule has 0 radical (unpaired) electrons. The number of rotatable bonds is 3. The van der Waals surface area contributed by atoms with Gasteiger partial charge in [-0.1, -0.05) is 24.0 Å². The van der Waals surface area contributed by atoms with Crippen LogP contribution in [0.4, 0.5) is 4.39 Å². The predicted molar refractivity (Wildman–Crippen MR) is 101 cm³/mol. The molecule has 0 N–H and O–H groups in total. The molecule has 3 nitrogen and oxygen atoms in total. The molecule has 0 fully saturated rings. The zero-order chi connectivity index (χ0) is 18.6. The predicted octanol–water partition coefficient (Wildman–Crippen LogP) is 3.97. The summed E-state index contributed by atoms with van der Waals surface area (Å²) in [5.74, 6) is 6.05. The summed E-state index contributed by atoms with van der Waals surface area (Å²) in [6, 6.07) is 15.9. The molecule has 0 aliphatic carbocycles. The van der Waals surface area contributed by atoms with E-state index >= 15 is 0 Å². The van der Waals surface area contributed by atoms with Crippen LogP contribution in [-0.4, -0.2) is 15.8 Å². The number of fused-ring (bicyclic) bond motifs is 1. The Morgan fingerprint density at radius 1 is 1.00 bits per heavy atom. The van der Waals surface area contributed by atoms with Crippen LogP contribution >= 0.6 is 0 Å². The third kappa shape index (κ3) is 3.88. The van der Waals surface area contributed by atoms with E-state index in [2.05, 4.69) is 16.8 Å². The Morgan fingerprint density at radius 3 is 2.56 bits per heavy atom. The molecule has 3 aromatic rings. The minimum Gasteiger partial charge on any atom is -0.330 e. The highest BCUT2D eigenvalue weighted by atomic mass is 19.1. The zero-order valence-electron chi connectivity index (χ0n) is 14.7. The van der Waals surface area contributed by atoms with Gasteiger partial charge in [-0.15, -0.1) is 0 Å². The van der Waals surface area contributed by atoms with E-state index in [-0.39, 0.29) is 11.7 Å². The van der Waals surface area contributed by atoms with E-state index in [0.29, 0.717) is 19.5 Å². The Bertz CT molecular complexity index is 1030. The van der Waals surface area contributed by atoms with Gasteiger partial charge in [-0.3, -0.25) is 9.78 Å². The van der Waals surface area contributed by atoms with Crippen LogP contribution in [0.3, 0.4) is 0 Å². The fraction of sp³-hybridized carbons (Fsp3) is 0.130. The van der Waals surface area contributed by atoms with Crippen LogP contribution in [0.15, 0.2) is 67.0 Å². The van der Waals surface area contributed by atoms with Gasteiger partial charge in [0.05, 0.1) is 0 Å². The van der Waals surface area contributed by atoms with Gasteiger partial charge >= 0.3 is 0 Å². The van der Waals surface area contributed by atoms with Crippen LogP contribution < -0.4 is 0 Å². The molecule has 0 bridgehead atoms. The van der Waals surface area contributed by atoms with Crippen LogP contribution in [0.2, 0.25) is 0 Å². The molecule has 27 heavy (non-hydrogen) atoms. The van der Waals surface area contributed by atoms with Crippen LogP contribution in [0.25, 0.3) is 0 Å². The molecular formula is C23H17FN2O. The average molecular weight is 356 g/mol. The summed E-state index contributed by atoms with van der Waals surface area (Å²) in [7, 11) is 0. The lowest BCUT2D eigenvalue weighted by molar-refractivity contribution is 0.0766. The van der Waals surface area contributed by atoms with Gasteiger partial charge in [-0.05, 0) is 59.2 Å². The quantitative estimate of drug-likeness (QED) is 0.665. The van der Waals surface area contributed by atoms with Crippen molar-refractivity contribution >= 4 is 5.91 Å². The molecule has 132 valence electrons. The number of pyridine rings is 1. The maximum atomic E-state index is 12.9. The van der Waals surface area contributed by atoms with Crippen molar-refractivity contribution in [1.82, 2.24) is 9.88 Å². The van der Waals surface area contributed by atoms with E-state index in [1.54, 1.807) is 24.5 Å². The van der Waals surface area contributed by atoms with E-state index in [1.165, 1.54) is 12.1 Å². The molecule has 1 aliphatic rings. The van der Waals surface area contributed by atoms with Gasteiger partial charge in [-0.25, -0.2) is 4.39 Å². The number of carbonyl (C=O) groups excluding carboxylic acids is 1. The van der Waals surface area contributed by atoms with Crippen LogP contribution in [0, 0.1) is 17.7 Å². The van der Waals surface area contributed by atoms with Crippen molar-refractivity contribution in [3.63, 3.8) is 0 Å². The Balaban J connectivity index is 1.46. The number of benzene rings is 2. The second-order valence-electron chi connectivity index (χ2n) is 6.49. The molecule has 0 atom stereocenters. The number of hydrogen-bond acceptors (Lipinski definition) is 2. The maximum absolute atomic E-state index is 12.9. The molecule has 1 amide bonds. The van der Waals surface area contributed by atoms with Crippen molar-refractivity contribution < 1.29 is 9.18 Å². The topological polar surface area (TPSA) is 33.2 Å². The van der Waals surface area contributed by atoms with Crippen molar-refractivity contribution in [2.45, 2.75) is 19.5 Å². The Morgan fingerprint density at radius 2 is 1.78 bits per heavy atom. The van der Waals surface area contributed by atoms with Gasteiger partial charge < -0.3 is 4.90 Å². The number of halogens is 1. The third-order valence-corrected chi connectivity index (χ3v) is 4.55. The third-order valence-electron chi connectivity index (χ3n) is 4.55. The van der Waals surface area contributed by atoms with Gasteiger partial charge in [0.25, 0.3) is 5.91 Å². The first-order valence-corrected chi connectivity index (χ1v) is 8.73. The number of amides is 1. The van der Waals surface area contributed by atoms with Gasteiger partial charge in [0.1, 0.15) is 5.82 Å². The first-order valence-electron chi connectivity index (χ1n) is 8.73. The fourth-order valence-corrected chi connectivity index (χ4v) is 3.15. The lowest BCUT2D eigenvalue weighted by atomic mass is 10.1. The molecule has 0 saturated heterocycles. The number of nitrogens with zero attached hydrogens (tertiary/aromatic N) is 2. The summed E-state index contributed by atoms with van der Waals surface area (Å²) >= 11 is 0. The Kier molecular flexibility index (Phi) is 4.67. The molecule has 1 aliphatic heterocycles. The van der Waals surface area contributed by atoms with E-state index < -0.39 is 0 Å². The lowest BCUT2D eigenvalue weighted by Gasteiger charge is -2.15. The molecule has 4 heteroatoms. The number of hydrogen-bond donors (Lipinski definition) is 0. The van der Waals surface area contributed by atoms with Gasteiger partial charge in [0.15, 0.2) is 0 Å². The molecule has 1 aromatic heterocycles. The maximum Gasteiger partial charge on any atom is 0.254 e. The molecule has 4 rings (SSSR count). The normalized spacial score (nSPS) is 12.5. The van der Waals surface area contributed by atoms with E-state index in [0.717, 1.165) is 27.8 Å². The lowest BCUT2D eigenvalue weighted by Crippen LogP contribution is -2.23. The van der Waals surface area contributed by atoms with E-state index in [4.69, 9.17) is 0 Å². The first-order chi connectivity index (χ1) is 13.2. The highest BCUT2D eigenvalue weighted by Crippen LogP contribution is 2.25. The summed E-state index contributed by atoms with van der Waals surface area (Å²) < 4.78 is 12.9. The van der Waals surface area contributed by atoms with Crippen molar-refractivity contribution in [1.29, 1.82) is 0 Å². The molecule has 0 saturated carbocycles. The largest absolute Gasteiger partial charge is 0.330 e. The zero-order valence-corrected chi connectivity index (χ0v) is 14.7. The monoisotopic (exact) mass is 356 g/mol. The smallest absolute Gasteiger partial charge is 0.254 e. The Labute approximate surface area is 157 Å². The number of aromatic nitrogens is 1. The Hall–Kier alpha value is -3.45. The van der Waals surface area contributed by atoms with Crippen molar-refractivity contribution in [3.8, 4) is 11.8 Å².